The number of benzene rings is 1. The maximum Gasteiger partial charge on any atom is 0.149 e. The minimum Gasteiger partial charge on any atom is -0.381 e. The van der Waals surface area contributed by atoms with Gasteiger partial charge >= 0.3 is 0 Å². The molecular formula is C14H18ClF2NO. The minimum atomic E-state index is -0.560. The summed E-state index contributed by atoms with van der Waals surface area (Å²) in [6.45, 7) is 2.04. The zero-order valence-electron chi connectivity index (χ0n) is 11.0. The summed E-state index contributed by atoms with van der Waals surface area (Å²) in [4.78, 5) is 1.63. The van der Waals surface area contributed by atoms with Gasteiger partial charge in [0.2, 0.25) is 0 Å². The molecule has 1 aromatic rings. The molecule has 1 unspecified atom stereocenters. The van der Waals surface area contributed by atoms with Crippen molar-refractivity contribution in [2.75, 3.05) is 31.7 Å². The van der Waals surface area contributed by atoms with Crippen LogP contribution in [0.4, 0.5) is 14.5 Å². The van der Waals surface area contributed by atoms with Gasteiger partial charge in [0.25, 0.3) is 0 Å². The van der Waals surface area contributed by atoms with E-state index in [-0.39, 0.29) is 11.6 Å². The Morgan fingerprint density at radius 2 is 2.05 bits per heavy atom. The molecular weight excluding hydrogens is 272 g/mol. The average Bonchev–Trinajstić information content (AvgIpc) is 2.38. The fraction of sp³-hybridized carbons (Fsp3) is 0.571. The number of ether oxygens (including phenoxy) is 1. The molecule has 5 heteroatoms. The molecule has 0 N–H and O–H groups in total. The zero-order chi connectivity index (χ0) is 13.8. The van der Waals surface area contributed by atoms with E-state index in [4.69, 9.17) is 16.3 Å². The number of hydrogen-bond donors (Lipinski definition) is 0. The van der Waals surface area contributed by atoms with Crippen molar-refractivity contribution in [2.24, 2.45) is 5.92 Å². The van der Waals surface area contributed by atoms with Crippen LogP contribution in [-0.4, -0.2) is 26.8 Å². The van der Waals surface area contributed by atoms with Crippen LogP contribution >= 0.6 is 11.6 Å². The molecule has 2 nitrogen and oxygen atoms in total. The molecule has 1 aromatic carbocycles. The standard InChI is InChI=1S/C14H18ClF2NO/c1-18(8-10-3-2-4-19-9-10)14-12(16)5-11(7-15)6-13(14)17/h5-6,10H,2-4,7-9H2,1H3. The molecule has 2 rings (SSSR count). The Morgan fingerprint density at radius 1 is 1.37 bits per heavy atom. The maximum absolute atomic E-state index is 13.9. The summed E-state index contributed by atoms with van der Waals surface area (Å²) in [6, 6.07) is 2.58. The topological polar surface area (TPSA) is 12.5 Å². The predicted molar refractivity (Wildman–Crippen MR) is 72.7 cm³/mol. The van der Waals surface area contributed by atoms with Crippen LogP contribution in [0.5, 0.6) is 0 Å². The molecule has 0 aliphatic carbocycles. The molecule has 0 saturated carbocycles. The lowest BCUT2D eigenvalue weighted by Crippen LogP contribution is -2.31. The van der Waals surface area contributed by atoms with Crippen molar-refractivity contribution in [3.05, 3.63) is 29.3 Å². The van der Waals surface area contributed by atoms with Crippen molar-refractivity contribution in [2.45, 2.75) is 18.7 Å². The van der Waals surface area contributed by atoms with Crippen molar-refractivity contribution in [1.29, 1.82) is 0 Å². The number of alkyl halides is 1. The molecule has 1 saturated heterocycles. The van der Waals surface area contributed by atoms with Gasteiger partial charge in [0, 0.05) is 26.1 Å². The van der Waals surface area contributed by atoms with Gasteiger partial charge < -0.3 is 9.64 Å². The molecule has 1 heterocycles. The second kappa shape index (κ2) is 6.53. The smallest absolute Gasteiger partial charge is 0.149 e. The van der Waals surface area contributed by atoms with Crippen LogP contribution in [0.3, 0.4) is 0 Å². The minimum absolute atomic E-state index is 0.0134. The molecule has 1 atom stereocenters. The van der Waals surface area contributed by atoms with Crippen LogP contribution in [0, 0.1) is 17.6 Å². The van der Waals surface area contributed by atoms with Gasteiger partial charge in [-0.3, -0.25) is 0 Å². The molecule has 0 aromatic heterocycles. The monoisotopic (exact) mass is 289 g/mol. The summed E-state index contributed by atoms with van der Waals surface area (Å²) in [7, 11) is 1.70. The highest BCUT2D eigenvalue weighted by Gasteiger charge is 2.20. The molecule has 1 aliphatic rings. The van der Waals surface area contributed by atoms with Crippen LogP contribution in [0.2, 0.25) is 0 Å². The largest absolute Gasteiger partial charge is 0.381 e. The van der Waals surface area contributed by atoms with Gasteiger partial charge in [-0.05, 0) is 36.5 Å². The highest BCUT2D eigenvalue weighted by atomic mass is 35.5. The SMILES string of the molecule is CN(CC1CCCOC1)c1c(F)cc(CCl)cc1F. The molecule has 0 spiro atoms. The third kappa shape index (κ3) is 3.57. The number of halogens is 3. The van der Waals surface area contributed by atoms with Crippen LogP contribution in [0.25, 0.3) is 0 Å². The van der Waals surface area contributed by atoms with Gasteiger partial charge in [-0.2, -0.15) is 0 Å². The van der Waals surface area contributed by atoms with Gasteiger partial charge in [-0.25, -0.2) is 8.78 Å². The van der Waals surface area contributed by atoms with Gasteiger partial charge in [0.15, 0.2) is 0 Å². The van der Waals surface area contributed by atoms with E-state index < -0.39 is 11.6 Å². The lowest BCUT2D eigenvalue weighted by molar-refractivity contribution is 0.0575. The fourth-order valence-corrected chi connectivity index (χ4v) is 2.64. The van der Waals surface area contributed by atoms with Crippen LogP contribution in [0.1, 0.15) is 18.4 Å². The highest BCUT2D eigenvalue weighted by Crippen LogP contribution is 2.26. The lowest BCUT2D eigenvalue weighted by atomic mass is 10.0. The van der Waals surface area contributed by atoms with E-state index in [0.717, 1.165) is 19.4 Å². The second-order valence-corrected chi connectivity index (χ2v) is 5.27. The molecule has 106 valence electrons. The van der Waals surface area contributed by atoms with Crippen molar-refractivity contribution in [1.82, 2.24) is 0 Å². The Balaban J connectivity index is 2.11. The third-order valence-electron chi connectivity index (χ3n) is 3.40. The Morgan fingerprint density at radius 3 is 2.58 bits per heavy atom. The van der Waals surface area contributed by atoms with Crippen LogP contribution in [-0.2, 0) is 10.6 Å². The normalized spacial score (nSPS) is 19.5. The van der Waals surface area contributed by atoms with Crippen LogP contribution in [0.15, 0.2) is 12.1 Å². The first kappa shape index (κ1) is 14.5. The fourth-order valence-electron chi connectivity index (χ4n) is 2.49. The van der Waals surface area contributed by atoms with Crippen molar-refractivity contribution < 1.29 is 13.5 Å². The number of hydrogen-bond acceptors (Lipinski definition) is 2. The Kier molecular flexibility index (Phi) is 4.99. The molecule has 0 radical (unpaired) electrons. The first-order chi connectivity index (χ1) is 9.11. The summed E-state index contributed by atoms with van der Waals surface area (Å²) in [5.41, 5.74) is 0.467. The van der Waals surface area contributed by atoms with Gasteiger partial charge in [-0.15, -0.1) is 11.6 Å². The maximum atomic E-state index is 13.9. The number of rotatable bonds is 4. The summed E-state index contributed by atoms with van der Waals surface area (Å²) >= 11 is 5.59. The van der Waals surface area contributed by atoms with E-state index in [2.05, 4.69) is 0 Å². The number of anilines is 1. The van der Waals surface area contributed by atoms with Crippen molar-refractivity contribution in [3.63, 3.8) is 0 Å². The van der Waals surface area contributed by atoms with E-state index in [1.807, 2.05) is 0 Å². The molecule has 19 heavy (non-hydrogen) atoms. The van der Waals surface area contributed by atoms with E-state index in [1.54, 1.807) is 11.9 Å². The summed E-state index contributed by atoms with van der Waals surface area (Å²) < 4.78 is 33.2. The molecule has 0 bridgehead atoms. The third-order valence-corrected chi connectivity index (χ3v) is 3.71. The van der Waals surface area contributed by atoms with Gasteiger partial charge in [0.05, 0.1) is 6.61 Å². The quantitative estimate of drug-likeness (QED) is 0.786. The summed E-state index contributed by atoms with van der Waals surface area (Å²) in [6.07, 6.45) is 2.04. The van der Waals surface area contributed by atoms with E-state index >= 15 is 0 Å². The first-order valence-electron chi connectivity index (χ1n) is 6.44. The zero-order valence-corrected chi connectivity index (χ0v) is 11.7. The average molecular weight is 290 g/mol. The van der Waals surface area contributed by atoms with E-state index in [9.17, 15) is 8.78 Å². The van der Waals surface area contributed by atoms with Crippen molar-refractivity contribution in [3.8, 4) is 0 Å². The molecule has 1 aliphatic heterocycles. The Bertz CT molecular complexity index is 412. The summed E-state index contributed by atoms with van der Waals surface area (Å²) in [5, 5.41) is 0. The van der Waals surface area contributed by atoms with E-state index in [0.29, 0.717) is 24.6 Å². The summed E-state index contributed by atoms with van der Waals surface area (Å²) in [5.74, 6) is -0.691. The van der Waals surface area contributed by atoms with E-state index in [1.165, 1.54) is 12.1 Å². The first-order valence-corrected chi connectivity index (χ1v) is 6.98. The Hall–Kier alpha value is -0.870. The van der Waals surface area contributed by atoms with Crippen LogP contribution < -0.4 is 4.90 Å². The lowest BCUT2D eigenvalue weighted by Gasteiger charge is -2.29. The molecule has 1 fully saturated rings. The van der Waals surface area contributed by atoms with Gasteiger partial charge in [-0.1, -0.05) is 0 Å². The Labute approximate surface area is 117 Å². The second-order valence-electron chi connectivity index (χ2n) is 5.01. The van der Waals surface area contributed by atoms with Crippen molar-refractivity contribution >= 4 is 17.3 Å². The molecule has 0 amide bonds. The predicted octanol–water partition coefficient (Wildman–Crippen LogP) is 3.57. The van der Waals surface area contributed by atoms with Gasteiger partial charge in [0.1, 0.15) is 17.3 Å². The number of nitrogens with zero attached hydrogens (tertiary/aromatic N) is 1. The highest BCUT2D eigenvalue weighted by molar-refractivity contribution is 6.17.